The molecule has 0 amide bonds. The van der Waals surface area contributed by atoms with Gasteiger partial charge in [0, 0.05) is 6.20 Å². The molecule has 5 heteroatoms. The molecule has 0 atom stereocenters. The number of halogens is 1. The topological polar surface area (TPSA) is 69.1 Å². The van der Waals surface area contributed by atoms with Gasteiger partial charge in [-0.3, -0.25) is 4.79 Å². The first-order chi connectivity index (χ1) is 6.20. The van der Waals surface area contributed by atoms with Gasteiger partial charge in [-0.2, -0.15) is 0 Å². The summed E-state index contributed by atoms with van der Waals surface area (Å²) in [5.41, 5.74) is 5.49. The first kappa shape index (κ1) is 8.25. The highest BCUT2D eigenvalue weighted by atomic mass is 79.9. The van der Waals surface area contributed by atoms with Crippen molar-refractivity contribution >= 4 is 32.9 Å². The lowest BCUT2D eigenvalue weighted by atomic mass is 10.3. The highest BCUT2D eigenvalue weighted by molar-refractivity contribution is 9.10. The minimum Gasteiger partial charge on any atom is -0.421 e. The van der Waals surface area contributed by atoms with E-state index in [-0.39, 0.29) is 21.5 Å². The Morgan fingerprint density at radius 3 is 3.08 bits per heavy atom. The molecule has 66 valence electrons. The van der Waals surface area contributed by atoms with E-state index in [1.807, 2.05) is 0 Å². The molecule has 2 heterocycles. The van der Waals surface area contributed by atoms with E-state index >= 15 is 0 Å². The van der Waals surface area contributed by atoms with Crippen LogP contribution in [0.5, 0.6) is 0 Å². The Morgan fingerprint density at radius 1 is 1.54 bits per heavy atom. The van der Waals surface area contributed by atoms with Crippen LogP contribution in [-0.4, -0.2) is 4.98 Å². The quantitative estimate of drug-likeness (QED) is 0.759. The fraction of sp³-hybridized carbons (Fsp3) is 0. The van der Waals surface area contributed by atoms with Gasteiger partial charge in [-0.25, -0.2) is 4.98 Å². The summed E-state index contributed by atoms with van der Waals surface area (Å²) in [5, 5.41) is 0.420. The van der Waals surface area contributed by atoms with Crippen molar-refractivity contribution < 1.29 is 4.42 Å². The van der Waals surface area contributed by atoms with Gasteiger partial charge in [0.2, 0.25) is 17.0 Å². The lowest BCUT2D eigenvalue weighted by molar-refractivity contribution is 0.608. The summed E-state index contributed by atoms with van der Waals surface area (Å²) in [6.45, 7) is 0. The van der Waals surface area contributed by atoms with Crippen LogP contribution < -0.4 is 11.2 Å². The molecule has 0 aliphatic rings. The van der Waals surface area contributed by atoms with Gasteiger partial charge in [-0.05, 0) is 28.1 Å². The third-order valence-corrected chi connectivity index (χ3v) is 2.39. The van der Waals surface area contributed by atoms with Crippen LogP contribution in [0.15, 0.2) is 32.0 Å². The summed E-state index contributed by atoms with van der Waals surface area (Å²) < 4.78 is 5.34. The van der Waals surface area contributed by atoms with Crippen LogP contribution in [0.25, 0.3) is 11.1 Å². The molecule has 4 nitrogen and oxygen atoms in total. The molecule has 2 aromatic heterocycles. The molecule has 0 spiro atoms. The molecule has 0 saturated heterocycles. The average Bonchev–Trinajstić information content (AvgIpc) is 2.15. The molecule has 2 aromatic rings. The zero-order chi connectivity index (χ0) is 9.42. The Hall–Kier alpha value is -1.36. The number of hydrogen-bond donors (Lipinski definition) is 1. The summed E-state index contributed by atoms with van der Waals surface area (Å²) in [7, 11) is 0. The van der Waals surface area contributed by atoms with Gasteiger partial charge >= 0.3 is 0 Å². The number of nitrogens with zero attached hydrogens (tertiary/aromatic N) is 1. The Morgan fingerprint density at radius 2 is 2.31 bits per heavy atom. The number of pyridine rings is 1. The SMILES string of the molecule is Nc1oc2ncccc2c(=O)c1Br. The number of rotatable bonds is 0. The highest BCUT2D eigenvalue weighted by Crippen LogP contribution is 2.19. The molecule has 2 rings (SSSR count). The lowest BCUT2D eigenvalue weighted by Crippen LogP contribution is -2.06. The van der Waals surface area contributed by atoms with E-state index in [0.29, 0.717) is 5.39 Å². The third kappa shape index (κ3) is 1.21. The number of fused-ring (bicyclic) bond motifs is 1. The molecule has 2 N–H and O–H groups in total. The predicted molar refractivity (Wildman–Crippen MR) is 52.4 cm³/mol. The van der Waals surface area contributed by atoms with Crippen molar-refractivity contribution in [1.29, 1.82) is 0 Å². The number of aromatic nitrogens is 1. The number of nitrogen functional groups attached to an aromatic ring is 1. The van der Waals surface area contributed by atoms with Crippen LogP contribution >= 0.6 is 15.9 Å². The molecule has 0 fully saturated rings. The van der Waals surface area contributed by atoms with Gasteiger partial charge in [0.05, 0.1) is 5.39 Å². The van der Waals surface area contributed by atoms with E-state index in [0.717, 1.165) is 0 Å². The minimum absolute atomic E-state index is 0.0520. The first-order valence-corrected chi connectivity index (χ1v) is 4.32. The highest BCUT2D eigenvalue weighted by Gasteiger charge is 2.08. The van der Waals surface area contributed by atoms with Crippen LogP contribution in [0, 0.1) is 0 Å². The predicted octanol–water partition coefficient (Wildman–Crippen LogP) is 1.53. The fourth-order valence-corrected chi connectivity index (χ4v) is 1.32. The van der Waals surface area contributed by atoms with Gasteiger partial charge in [-0.15, -0.1) is 0 Å². The van der Waals surface area contributed by atoms with Crippen LogP contribution in [0.4, 0.5) is 5.88 Å². The molecular formula is C8H5BrN2O2. The van der Waals surface area contributed by atoms with Crippen LogP contribution in [0.3, 0.4) is 0 Å². The van der Waals surface area contributed by atoms with E-state index < -0.39 is 0 Å². The van der Waals surface area contributed by atoms with E-state index in [1.54, 1.807) is 18.3 Å². The van der Waals surface area contributed by atoms with Crippen LogP contribution in [-0.2, 0) is 0 Å². The van der Waals surface area contributed by atoms with E-state index in [4.69, 9.17) is 10.2 Å². The minimum atomic E-state index is -0.202. The number of anilines is 1. The molecule has 0 radical (unpaired) electrons. The Kier molecular flexibility index (Phi) is 1.81. The number of nitrogens with two attached hydrogens (primary N) is 1. The maximum Gasteiger partial charge on any atom is 0.232 e. The van der Waals surface area contributed by atoms with Crippen molar-refractivity contribution in [2.24, 2.45) is 0 Å². The largest absolute Gasteiger partial charge is 0.421 e. The third-order valence-electron chi connectivity index (χ3n) is 1.64. The lowest BCUT2D eigenvalue weighted by Gasteiger charge is -1.98. The summed E-state index contributed by atoms with van der Waals surface area (Å²) in [6, 6.07) is 3.31. The monoisotopic (exact) mass is 240 g/mol. The summed E-state index contributed by atoms with van der Waals surface area (Å²) in [5.74, 6) is 0.0520. The molecule has 0 aromatic carbocycles. The zero-order valence-corrected chi connectivity index (χ0v) is 8.04. The van der Waals surface area contributed by atoms with Crippen LogP contribution in [0.1, 0.15) is 0 Å². The zero-order valence-electron chi connectivity index (χ0n) is 6.45. The molecule has 0 unspecified atom stereocenters. The molecule has 13 heavy (non-hydrogen) atoms. The van der Waals surface area contributed by atoms with Crippen molar-refractivity contribution in [3.63, 3.8) is 0 Å². The summed E-state index contributed by atoms with van der Waals surface area (Å²) in [6.07, 6.45) is 1.54. The molecule has 0 aliphatic carbocycles. The smallest absolute Gasteiger partial charge is 0.232 e. The van der Waals surface area contributed by atoms with Gasteiger partial charge in [0.1, 0.15) is 4.47 Å². The van der Waals surface area contributed by atoms with E-state index in [9.17, 15) is 4.79 Å². The maximum atomic E-state index is 11.5. The number of hydrogen-bond acceptors (Lipinski definition) is 4. The molecular weight excluding hydrogens is 236 g/mol. The molecule has 0 saturated carbocycles. The van der Waals surface area contributed by atoms with Crippen molar-refractivity contribution in [1.82, 2.24) is 4.98 Å². The van der Waals surface area contributed by atoms with Gasteiger partial charge < -0.3 is 10.2 Å². The van der Waals surface area contributed by atoms with Gasteiger partial charge in [0.15, 0.2) is 0 Å². The van der Waals surface area contributed by atoms with Gasteiger partial charge in [0.25, 0.3) is 0 Å². The Balaban J connectivity index is 3.03. The fourth-order valence-electron chi connectivity index (χ4n) is 1.02. The summed E-state index contributed by atoms with van der Waals surface area (Å²) in [4.78, 5) is 15.4. The van der Waals surface area contributed by atoms with Crippen molar-refractivity contribution in [3.8, 4) is 0 Å². The molecule has 0 aliphatic heterocycles. The van der Waals surface area contributed by atoms with Crippen molar-refractivity contribution in [2.75, 3.05) is 5.73 Å². The van der Waals surface area contributed by atoms with E-state index in [1.165, 1.54) is 0 Å². The summed E-state index contributed by atoms with van der Waals surface area (Å²) >= 11 is 3.04. The van der Waals surface area contributed by atoms with Gasteiger partial charge in [-0.1, -0.05) is 0 Å². The Labute approximate surface area is 81.5 Å². The normalized spacial score (nSPS) is 10.5. The van der Waals surface area contributed by atoms with Crippen LogP contribution in [0.2, 0.25) is 0 Å². The second kappa shape index (κ2) is 2.85. The maximum absolute atomic E-state index is 11.5. The second-order valence-electron chi connectivity index (χ2n) is 2.47. The Bertz CT molecular complexity index is 521. The first-order valence-electron chi connectivity index (χ1n) is 3.53. The standard InChI is InChI=1S/C8H5BrN2O2/c9-5-6(12)4-2-1-3-11-8(4)13-7(5)10/h1-3H,10H2. The van der Waals surface area contributed by atoms with Crippen molar-refractivity contribution in [3.05, 3.63) is 33.0 Å². The average molecular weight is 241 g/mol. The second-order valence-corrected chi connectivity index (χ2v) is 3.26. The van der Waals surface area contributed by atoms with Crippen molar-refractivity contribution in [2.45, 2.75) is 0 Å². The molecule has 0 bridgehead atoms. The van der Waals surface area contributed by atoms with E-state index in [2.05, 4.69) is 20.9 Å².